The molecule has 0 rings (SSSR count). The highest BCUT2D eigenvalue weighted by Gasteiger charge is 2.16. The first-order valence-corrected chi connectivity index (χ1v) is 7.33. The zero-order valence-electron chi connectivity index (χ0n) is 12.9. The van der Waals surface area contributed by atoms with E-state index in [4.69, 9.17) is 14.3 Å². The molecule has 0 aromatic heterocycles. The van der Waals surface area contributed by atoms with Crippen LogP contribution in [0.1, 0.15) is 46.5 Å². The smallest absolute Gasteiger partial charge is 0.322 e. The van der Waals surface area contributed by atoms with Crippen molar-refractivity contribution in [2.45, 2.75) is 46.5 Å². The van der Waals surface area contributed by atoms with Crippen molar-refractivity contribution in [1.29, 1.82) is 0 Å². The highest BCUT2D eigenvalue weighted by molar-refractivity contribution is 5.74. The maximum Gasteiger partial charge on any atom is 0.322 e. The van der Waals surface area contributed by atoms with Gasteiger partial charge < -0.3 is 9.47 Å². The Morgan fingerprint density at radius 1 is 0.850 bits per heavy atom. The molecule has 0 unspecified atom stereocenters. The van der Waals surface area contributed by atoms with Gasteiger partial charge in [0.05, 0.1) is 19.8 Å². The average Bonchev–Trinajstić information content (AvgIpc) is 2.38. The maximum atomic E-state index is 11.4. The Kier molecular flexibility index (Phi) is 12.1. The lowest BCUT2D eigenvalue weighted by Gasteiger charge is -2.19. The largest absolute Gasteiger partial charge is 0.465 e. The summed E-state index contributed by atoms with van der Waals surface area (Å²) in [6.07, 6.45) is 4.27. The lowest BCUT2D eigenvalue weighted by atomic mass is 10.2. The summed E-state index contributed by atoms with van der Waals surface area (Å²) in [6, 6.07) is 0. The SMILES string of the molecule is CCCCCCON(CC(=O)OCC)CC(=O)OCC. The van der Waals surface area contributed by atoms with Gasteiger partial charge in [0, 0.05) is 0 Å². The van der Waals surface area contributed by atoms with E-state index in [1.165, 1.54) is 5.06 Å². The zero-order chi connectivity index (χ0) is 15.2. The molecule has 0 N–H and O–H groups in total. The van der Waals surface area contributed by atoms with E-state index in [2.05, 4.69) is 6.92 Å². The summed E-state index contributed by atoms with van der Waals surface area (Å²) in [5, 5.41) is 1.31. The van der Waals surface area contributed by atoms with Crippen molar-refractivity contribution >= 4 is 11.9 Å². The van der Waals surface area contributed by atoms with Gasteiger partial charge in [0.2, 0.25) is 0 Å². The molecule has 0 fully saturated rings. The van der Waals surface area contributed by atoms with Crippen molar-refractivity contribution < 1.29 is 23.9 Å². The second-order valence-electron chi connectivity index (χ2n) is 4.30. The molecule has 0 aromatic rings. The third-order valence-electron chi connectivity index (χ3n) is 2.49. The van der Waals surface area contributed by atoms with E-state index < -0.39 is 11.9 Å². The van der Waals surface area contributed by atoms with E-state index in [0.717, 1.165) is 25.7 Å². The minimum absolute atomic E-state index is 0.0690. The molecule has 0 saturated heterocycles. The molecule has 0 aliphatic heterocycles. The van der Waals surface area contributed by atoms with Crippen molar-refractivity contribution in [1.82, 2.24) is 5.06 Å². The molecule has 6 nitrogen and oxygen atoms in total. The number of nitrogens with zero attached hydrogens (tertiary/aromatic N) is 1. The second kappa shape index (κ2) is 12.9. The van der Waals surface area contributed by atoms with Crippen molar-refractivity contribution in [3.05, 3.63) is 0 Å². The summed E-state index contributed by atoms with van der Waals surface area (Å²) >= 11 is 0. The minimum Gasteiger partial charge on any atom is -0.465 e. The Balaban J connectivity index is 4.10. The highest BCUT2D eigenvalue weighted by Crippen LogP contribution is 2.01. The number of unbranched alkanes of at least 4 members (excludes halogenated alkanes) is 3. The van der Waals surface area contributed by atoms with Crippen LogP contribution in [-0.4, -0.2) is 49.9 Å². The van der Waals surface area contributed by atoms with Gasteiger partial charge in [0.1, 0.15) is 13.1 Å². The summed E-state index contributed by atoms with van der Waals surface area (Å²) in [5.41, 5.74) is 0. The van der Waals surface area contributed by atoms with Crippen LogP contribution in [0.5, 0.6) is 0 Å². The van der Waals surface area contributed by atoms with E-state index in [9.17, 15) is 9.59 Å². The monoisotopic (exact) mass is 289 g/mol. The molecule has 6 heteroatoms. The quantitative estimate of drug-likeness (QED) is 0.311. The molecular formula is C14H27NO5. The molecule has 0 spiro atoms. The minimum atomic E-state index is -0.412. The molecule has 0 aliphatic carbocycles. The first-order chi connectivity index (χ1) is 9.63. The number of esters is 2. The summed E-state index contributed by atoms with van der Waals surface area (Å²) in [6.45, 7) is 6.57. The lowest BCUT2D eigenvalue weighted by Crippen LogP contribution is -2.36. The van der Waals surface area contributed by atoms with E-state index in [1.54, 1.807) is 13.8 Å². The van der Waals surface area contributed by atoms with E-state index in [0.29, 0.717) is 19.8 Å². The highest BCUT2D eigenvalue weighted by atomic mass is 16.7. The molecule has 0 atom stereocenters. The van der Waals surface area contributed by atoms with E-state index in [-0.39, 0.29) is 13.1 Å². The maximum absolute atomic E-state index is 11.4. The van der Waals surface area contributed by atoms with Crippen LogP contribution < -0.4 is 0 Å². The van der Waals surface area contributed by atoms with Crippen LogP contribution in [-0.2, 0) is 23.9 Å². The van der Waals surface area contributed by atoms with Crippen molar-refractivity contribution in [3.8, 4) is 0 Å². The number of carbonyl (C=O) groups is 2. The van der Waals surface area contributed by atoms with Crippen molar-refractivity contribution in [2.75, 3.05) is 32.9 Å². The number of hydrogen-bond donors (Lipinski definition) is 0. The molecule has 0 aromatic carbocycles. The fraction of sp³-hybridized carbons (Fsp3) is 0.857. The van der Waals surface area contributed by atoms with Crippen LogP contribution >= 0.6 is 0 Å². The third-order valence-corrected chi connectivity index (χ3v) is 2.49. The zero-order valence-corrected chi connectivity index (χ0v) is 12.9. The van der Waals surface area contributed by atoms with E-state index in [1.807, 2.05) is 0 Å². The molecule has 0 heterocycles. The average molecular weight is 289 g/mol. The molecule has 118 valence electrons. The first kappa shape index (κ1) is 18.9. The Morgan fingerprint density at radius 3 is 1.85 bits per heavy atom. The Hall–Kier alpha value is -1.14. The number of hydrogen-bond acceptors (Lipinski definition) is 6. The van der Waals surface area contributed by atoms with Gasteiger partial charge >= 0.3 is 11.9 Å². The molecular weight excluding hydrogens is 262 g/mol. The molecule has 20 heavy (non-hydrogen) atoms. The van der Waals surface area contributed by atoms with Crippen LogP contribution in [0.2, 0.25) is 0 Å². The molecule has 0 saturated carbocycles. The fourth-order valence-corrected chi connectivity index (χ4v) is 1.57. The van der Waals surface area contributed by atoms with Crippen LogP contribution in [0.4, 0.5) is 0 Å². The first-order valence-electron chi connectivity index (χ1n) is 7.33. The summed E-state index contributed by atoms with van der Waals surface area (Å²) in [4.78, 5) is 28.3. The van der Waals surface area contributed by atoms with Gasteiger partial charge in [-0.2, -0.15) is 5.06 Å². The summed E-state index contributed by atoms with van der Waals surface area (Å²) in [7, 11) is 0. The second-order valence-corrected chi connectivity index (χ2v) is 4.30. The number of ether oxygens (including phenoxy) is 2. The van der Waals surface area contributed by atoms with Crippen LogP contribution in [0.25, 0.3) is 0 Å². The number of hydroxylamine groups is 2. The standard InChI is InChI=1S/C14H27NO5/c1-4-7-8-9-10-20-15(11-13(16)18-5-2)12-14(17)19-6-3/h4-12H2,1-3H3. The van der Waals surface area contributed by atoms with Gasteiger partial charge in [0.25, 0.3) is 0 Å². The van der Waals surface area contributed by atoms with Crippen LogP contribution in [0.3, 0.4) is 0 Å². The van der Waals surface area contributed by atoms with Gasteiger partial charge in [-0.15, -0.1) is 0 Å². The summed E-state index contributed by atoms with van der Waals surface area (Å²) < 4.78 is 9.69. The van der Waals surface area contributed by atoms with E-state index >= 15 is 0 Å². The van der Waals surface area contributed by atoms with Gasteiger partial charge in [-0.1, -0.05) is 26.2 Å². The predicted molar refractivity (Wildman–Crippen MR) is 74.9 cm³/mol. The number of rotatable bonds is 12. The van der Waals surface area contributed by atoms with Gasteiger partial charge in [-0.3, -0.25) is 14.4 Å². The molecule has 0 amide bonds. The van der Waals surface area contributed by atoms with Gasteiger partial charge in [-0.05, 0) is 20.3 Å². The topological polar surface area (TPSA) is 65.1 Å². The fourth-order valence-electron chi connectivity index (χ4n) is 1.57. The lowest BCUT2D eigenvalue weighted by molar-refractivity contribution is -0.189. The van der Waals surface area contributed by atoms with Crippen molar-refractivity contribution in [3.63, 3.8) is 0 Å². The van der Waals surface area contributed by atoms with Gasteiger partial charge in [-0.25, -0.2) is 0 Å². The Morgan fingerprint density at radius 2 is 1.40 bits per heavy atom. The molecule has 0 aliphatic rings. The third kappa shape index (κ3) is 10.8. The van der Waals surface area contributed by atoms with Crippen LogP contribution in [0, 0.1) is 0 Å². The Bertz CT molecular complexity index is 250. The van der Waals surface area contributed by atoms with Crippen molar-refractivity contribution in [2.24, 2.45) is 0 Å². The Labute approximate surface area is 121 Å². The normalized spacial score (nSPS) is 10.6. The molecule has 0 radical (unpaired) electrons. The molecule has 0 bridgehead atoms. The number of carbonyl (C=O) groups excluding carboxylic acids is 2. The summed E-state index contributed by atoms with van der Waals surface area (Å²) in [5.74, 6) is -0.823. The van der Waals surface area contributed by atoms with Crippen LogP contribution in [0.15, 0.2) is 0 Å². The van der Waals surface area contributed by atoms with Gasteiger partial charge in [0.15, 0.2) is 0 Å². The predicted octanol–water partition coefficient (Wildman–Crippen LogP) is 1.93.